The van der Waals surface area contributed by atoms with Gasteiger partial charge in [0.2, 0.25) is 0 Å². The second-order valence-electron chi connectivity index (χ2n) is 4.28. The Morgan fingerprint density at radius 2 is 2.19 bits per heavy atom. The first-order chi connectivity index (χ1) is 10.1. The highest BCUT2D eigenvalue weighted by Gasteiger charge is 2.04. The van der Waals surface area contributed by atoms with E-state index in [4.69, 9.17) is 4.74 Å². The molecule has 0 aliphatic heterocycles. The fraction of sp³-hybridized carbons (Fsp3) is 0.133. The van der Waals surface area contributed by atoms with Crippen LogP contribution in [-0.4, -0.2) is 24.2 Å². The average molecular weight is 348 g/mol. The minimum atomic E-state index is -0.300. The van der Waals surface area contributed by atoms with E-state index in [1.54, 1.807) is 25.5 Å². The number of benzene rings is 1. The van der Waals surface area contributed by atoms with Crippen LogP contribution in [0.2, 0.25) is 0 Å². The first-order valence-electron chi connectivity index (χ1n) is 6.20. The van der Waals surface area contributed by atoms with Crippen LogP contribution in [0, 0.1) is 6.92 Å². The molecular weight excluding hydrogens is 334 g/mol. The van der Waals surface area contributed by atoms with Crippen molar-refractivity contribution in [3.63, 3.8) is 0 Å². The molecule has 0 saturated carbocycles. The van der Waals surface area contributed by atoms with Gasteiger partial charge in [0.05, 0.1) is 23.4 Å². The Hall–Kier alpha value is -2.21. The standard InChI is InChI=1S/C15H14BrN3O2/c1-10-3-5-12(9-17-10)15(20)19-18-8-11-4-6-14(21-2)13(16)7-11/h3-9H,1-2H3,(H,19,20)/b18-8-. The lowest BCUT2D eigenvalue weighted by Crippen LogP contribution is -2.17. The number of carbonyl (C=O) groups excluding carboxylic acids is 1. The molecule has 0 aliphatic rings. The van der Waals surface area contributed by atoms with Gasteiger partial charge in [0.1, 0.15) is 5.75 Å². The second-order valence-corrected chi connectivity index (χ2v) is 5.14. The molecule has 1 N–H and O–H groups in total. The van der Waals surface area contributed by atoms with E-state index < -0.39 is 0 Å². The van der Waals surface area contributed by atoms with E-state index in [2.05, 4.69) is 31.4 Å². The number of halogens is 1. The Bertz CT molecular complexity index is 669. The molecule has 0 fully saturated rings. The first-order valence-corrected chi connectivity index (χ1v) is 6.99. The molecule has 6 heteroatoms. The summed E-state index contributed by atoms with van der Waals surface area (Å²) in [5, 5.41) is 3.92. The fourth-order valence-electron chi connectivity index (χ4n) is 1.60. The summed E-state index contributed by atoms with van der Waals surface area (Å²) in [5.41, 5.74) is 4.62. The number of rotatable bonds is 4. The van der Waals surface area contributed by atoms with Crippen LogP contribution in [0.1, 0.15) is 21.6 Å². The van der Waals surface area contributed by atoms with Crippen molar-refractivity contribution in [1.29, 1.82) is 0 Å². The molecule has 0 spiro atoms. The van der Waals surface area contributed by atoms with Gasteiger partial charge in [-0.1, -0.05) is 0 Å². The predicted molar refractivity (Wildman–Crippen MR) is 84.7 cm³/mol. The van der Waals surface area contributed by atoms with Crippen molar-refractivity contribution in [2.45, 2.75) is 6.92 Å². The van der Waals surface area contributed by atoms with Gasteiger partial charge in [-0.3, -0.25) is 9.78 Å². The lowest BCUT2D eigenvalue weighted by Gasteiger charge is -2.03. The van der Waals surface area contributed by atoms with Crippen molar-refractivity contribution in [3.8, 4) is 5.75 Å². The average Bonchev–Trinajstić information content (AvgIpc) is 2.48. The number of pyridine rings is 1. The van der Waals surface area contributed by atoms with E-state index in [1.807, 2.05) is 25.1 Å². The summed E-state index contributed by atoms with van der Waals surface area (Å²) in [5.74, 6) is 0.438. The highest BCUT2D eigenvalue weighted by Crippen LogP contribution is 2.24. The van der Waals surface area contributed by atoms with Crippen molar-refractivity contribution in [2.24, 2.45) is 5.10 Å². The van der Waals surface area contributed by atoms with Crippen molar-refractivity contribution in [1.82, 2.24) is 10.4 Å². The van der Waals surface area contributed by atoms with Gasteiger partial charge in [0.15, 0.2) is 0 Å². The number of nitrogens with one attached hydrogen (secondary N) is 1. The Balaban J connectivity index is 2.00. The topological polar surface area (TPSA) is 63.6 Å². The Morgan fingerprint density at radius 1 is 1.38 bits per heavy atom. The van der Waals surface area contributed by atoms with Crippen molar-refractivity contribution in [3.05, 3.63) is 57.8 Å². The molecule has 21 heavy (non-hydrogen) atoms. The van der Waals surface area contributed by atoms with Crippen LogP contribution in [0.4, 0.5) is 0 Å². The molecule has 1 heterocycles. The third kappa shape index (κ3) is 4.13. The molecule has 0 unspecified atom stereocenters. The molecule has 2 rings (SSSR count). The normalized spacial score (nSPS) is 10.6. The van der Waals surface area contributed by atoms with E-state index in [9.17, 15) is 4.79 Å². The van der Waals surface area contributed by atoms with Gasteiger partial charge in [-0.15, -0.1) is 0 Å². The maximum absolute atomic E-state index is 11.8. The van der Waals surface area contributed by atoms with E-state index in [0.29, 0.717) is 5.56 Å². The van der Waals surface area contributed by atoms with Crippen LogP contribution >= 0.6 is 15.9 Å². The molecule has 0 bridgehead atoms. The molecule has 2 aromatic rings. The van der Waals surface area contributed by atoms with Crippen LogP contribution in [0.5, 0.6) is 5.75 Å². The quantitative estimate of drug-likeness (QED) is 0.683. The molecule has 0 radical (unpaired) electrons. The third-order valence-electron chi connectivity index (χ3n) is 2.73. The molecule has 0 saturated heterocycles. The number of methoxy groups -OCH3 is 1. The van der Waals surface area contributed by atoms with Gasteiger partial charge in [-0.2, -0.15) is 5.10 Å². The zero-order chi connectivity index (χ0) is 15.2. The number of carbonyl (C=O) groups is 1. The van der Waals surface area contributed by atoms with Gasteiger partial charge in [-0.25, -0.2) is 5.43 Å². The summed E-state index contributed by atoms with van der Waals surface area (Å²) >= 11 is 3.39. The Morgan fingerprint density at radius 3 is 2.81 bits per heavy atom. The van der Waals surface area contributed by atoms with Crippen LogP contribution in [-0.2, 0) is 0 Å². The lowest BCUT2D eigenvalue weighted by molar-refractivity contribution is 0.0955. The molecule has 0 aliphatic carbocycles. The maximum Gasteiger partial charge on any atom is 0.272 e. The number of hydrazone groups is 1. The lowest BCUT2D eigenvalue weighted by atomic mass is 10.2. The van der Waals surface area contributed by atoms with Gasteiger partial charge in [-0.05, 0) is 58.7 Å². The largest absolute Gasteiger partial charge is 0.496 e. The molecular formula is C15H14BrN3O2. The predicted octanol–water partition coefficient (Wildman–Crippen LogP) is 2.93. The highest BCUT2D eigenvalue weighted by atomic mass is 79.9. The number of amides is 1. The Kier molecular flexibility index (Phi) is 5.05. The van der Waals surface area contributed by atoms with Crippen LogP contribution in [0.15, 0.2) is 46.1 Å². The summed E-state index contributed by atoms with van der Waals surface area (Å²) in [7, 11) is 1.60. The smallest absolute Gasteiger partial charge is 0.272 e. The molecule has 1 aromatic heterocycles. The molecule has 108 valence electrons. The zero-order valence-electron chi connectivity index (χ0n) is 11.6. The number of aryl methyl sites for hydroxylation is 1. The molecule has 1 aromatic carbocycles. The fourth-order valence-corrected chi connectivity index (χ4v) is 2.15. The molecule has 0 atom stereocenters. The monoisotopic (exact) mass is 347 g/mol. The van der Waals surface area contributed by atoms with Gasteiger partial charge >= 0.3 is 0 Å². The maximum atomic E-state index is 11.8. The zero-order valence-corrected chi connectivity index (χ0v) is 13.2. The number of aromatic nitrogens is 1. The summed E-state index contributed by atoms with van der Waals surface area (Å²) in [6.45, 7) is 1.86. The van der Waals surface area contributed by atoms with E-state index in [-0.39, 0.29) is 5.91 Å². The summed E-state index contributed by atoms with van der Waals surface area (Å²) < 4.78 is 5.96. The number of nitrogens with zero attached hydrogens (tertiary/aromatic N) is 2. The summed E-state index contributed by atoms with van der Waals surface area (Å²) in [6.07, 6.45) is 3.08. The van der Waals surface area contributed by atoms with Gasteiger partial charge < -0.3 is 4.74 Å². The van der Waals surface area contributed by atoms with E-state index >= 15 is 0 Å². The third-order valence-corrected chi connectivity index (χ3v) is 3.35. The van der Waals surface area contributed by atoms with Crippen LogP contribution < -0.4 is 10.2 Å². The minimum absolute atomic E-state index is 0.300. The summed E-state index contributed by atoms with van der Waals surface area (Å²) in [4.78, 5) is 15.9. The van der Waals surface area contributed by atoms with E-state index in [0.717, 1.165) is 21.5 Å². The minimum Gasteiger partial charge on any atom is -0.496 e. The van der Waals surface area contributed by atoms with E-state index in [1.165, 1.54) is 6.20 Å². The SMILES string of the molecule is COc1ccc(/C=N\NC(=O)c2ccc(C)nc2)cc1Br. The van der Waals surface area contributed by atoms with Crippen molar-refractivity contribution < 1.29 is 9.53 Å². The number of ether oxygens (including phenoxy) is 1. The van der Waals surface area contributed by atoms with Gasteiger partial charge in [0, 0.05) is 11.9 Å². The summed E-state index contributed by atoms with van der Waals surface area (Å²) in [6, 6.07) is 8.99. The second kappa shape index (κ2) is 6.99. The Labute approximate surface area is 131 Å². The highest BCUT2D eigenvalue weighted by molar-refractivity contribution is 9.10. The first kappa shape index (κ1) is 15.2. The molecule has 1 amide bonds. The van der Waals surface area contributed by atoms with Crippen molar-refractivity contribution >= 4 is 28.1 Å². The number of hydrogen-bond donors (Lipinski definition) is 1. The van der Waals surface area contributed by atoms with Crippen molar-refractivity contribution in [2.75, 3.05) is 7.11 Å². The van der Waals surface area contributed by atoms with Crippen LogP contribution in [0.25, 0.3) is 0 Å². The van der Waals surface area contributed by atoms with Gasteiger partial charge in [0.25, 0.3) is 5.91 Å². The van der Waals surface area contributed by atoms with Crippen LogP contribution in [0.3, 0.4) is 0 Å². The number of hydrogen-bond acceptors (Lipinski definition) is 4. The molecule has 5 nitrogen and oxygen atoms in total.